The number of rotatable bonds is 4. The average molecular weight is 262 g/mol. The largest absolute Gasteiger partial charge is 0.396 e. The fourth-order valence-corrected chi connectivity index (χ4v) is 2.98. The molecule has 19 heavy (non-hydrogen) atoms. The van der Waals surface area contributed by atoms with E-state index in [0.717, 1.165) is 32.5 Å². The summed E-state index contributed by atoms with van der Waals surface area (Å²) in [7, 11) is 2.18. The lowest BCUT2D eigenvalue weighted by atomic mass is 10.1. The maximum atomic E-state index is 9.24. The first-order valence-electron chi connectivity index (χ1n) is 7.40. The highest BCUT2D eigenvalue weighted by atomic mass is 16.3. The van der Waals surface area contributed by atoms with E-state index in [2.05, 4.69) is 48.0 Å². The van der Waals surface area contributed by atoms with Crippen LogP contribution in [0.25, 0.3) is 0 Å². The second kappa shape index (κ2) is 6.92. The van der Waals surface area contributed by atoms with Crippen LogP contribution >= 0.6 is 0 Å². The van der Waals surface area contributed by atoms with Gasteiger partial charge in [0.25, 0.3) is 0 Å². The molecular weight excluding hydrogens is 236 g/mol. The zero-order valence-corrected chi connectivity index (χ0v) is 12.2. The summed E-state index contributed by atoms with van der Waals surface area (Å²) in [5.74, 6) is 0. The van der Waals surface area contributed by atoms with Gasteiger partial charge in [0, 0.05) is 31.4 Å². The zero-order chi connectivity index (χ0) is 13.7. The van der Waals surface area contributed by atoms with Gasteiger partial charge in [-0.2, -0.15) is 0 Å². The van der Waals surface area contributed by atoms with Gasteiger partial charge in [0.2, 0.25) is 0 Å². The molecule has 3 nitrogen and oxygen atoms in total. The molecule has 1 N–H and O–H groups in total. The minimum Gasteiger partial charge on any atom is -0.396 e. The Morgan fingerprint density at radius 1 is 1.26 bits per heavy atom. The molecule has 3 heteroatoms. The number of aliphatic hydroxyl groups is 1. The molecule has 0 aromatic heterocycles. The lowest BCUT2D eigenvalue weighted by molar-refractivity contribution is 0.196. The zero-order valence-electron chi connectivity index (χ0n) is 12.2. The Morgan fingerprint density at radius 3 is 2.79 bits per heavy atom. The van der Waals surface area contributed by atoms with E-state index < -0.39 is 0 Å². The topological polar surface area (TPSA) is 26.7 Å². The Hall–Kier alpha value is -1.06. The Kier molecular flexibility index (Phi) is 5.23. The third-order valence-electron chi connectivity index (χ3n) is 4.17. The second-order valence-electron chi connectivity index (χ2n) is 5.43. The molecule has 0 amide bonds. The van der Waals surface area contributed by atoms with E-state index in [1.165, 1.54) is 17.7 Å². The van der Waals surface area contributed by atoms with Crippen LogP contribution in [0.1, 0.15) is 25.3 Å². The van der Waals surface area contributed by atoms with Crippen molar-refractivity contribution in [2.75, 3.05) is 38.2 Å². The maximum absolute atomic E-state index is 9.24. The minimum absolute atomic E-state index is 0.276. The number of nitrogens with zero attached hydrogens (tertiary/aromatic N) is 2. The third kappa shape index (κ3) is 3.48. The summed E-state index contributed by atoms with van der Waals surface area (Å²) >= 11 is 0. The molecule has 1 aromatic carbocycles. The molecule has 106 valence electrons. The number of aliphatic hydroxyl groups excluding tert-OH is 1. The average Bonchev–Trinajstić information content (AvgIpc) is 2.62. The molecule has 0 spiro atoms. The van der Waals surface area contributed by atoms with E-state index in [4.69, 9.17) is 0 Å². The quantitative estimate of drug-likeness (QED) is 0.900. The summed E-state index contributed by atoms with van der Waals surface area (Å²) < 4.78 is 0. The molecule has 1 heterocycles. The van der Waals surface area contributed by atoms with Crippen molar-refractivity contribution in [3.63, 3.8) is 0 Å². The summed E-state index contributed by atoms with van der Waals surface area (Å²) in [6, 6.07) is 9.17. The van der Waals surface area contributed by atoms with Gasteiger partial charge < -0.3 is 14.9 Å². The predicted octanol–water partition coefficient (Wildman–Crippen LogP) is 2.14. The molecular formula is C16H26N2O. The fourth-order valence-electron chi connectivity index (χ4n) is 2.98. The molecule has 0 saturated carbocycles. The number of benzene rings is 1. The van der Waals surface area contributed by atoms with E-state index in [-0.39, 0.29) is 6.61 Å². The Labute approximate surface area is 116 Å². The summed E-state index contributed by atoms with van der Waals surface area (Å²) in [6.45, 7) is 5.75. The van der Waals surface area contributed by atoms with Gasteiger partial charge in [0.1, 0.15) is 0 Å². The standard InChI is InChI=1S/C16H26N2O/c1-3-14-7-4-5-8-16(14)18-11-6-10-17(2)15(13-18)9-12-19/h4-5,7-8,15,19H,3,6,9-13H2,1-2H3. The molecule has 1 saturated heterocycles. The van der Waals surface area contributed by atoms with Crippen LogP contribution in [0.2, 0.25) is 0 Å². The van der Waals surface area contributed by atoms with E-state index in [9.17, 15) is 5.11 Å². The minimum atomic E-state index is 0.276. The van der Waals surface area contributed by atoms with Crippen molar-refractivity contribution in [2.24, 2.45) is 0 Å². The van der Waals surface area contributed by atoms with Gasteiger partial charge in [-0.3, -0.25) is 0 Å². The number of hydrogen-bond acceptors (Lipinski definition) is 3. The highest BCUT2D eigenvalue weighted by Gasteiger charge is 2.22. The smallest absolute Gasteiger partial charge is 0.0446 e. The molecule has 1 fully saturated rings. The first kappa shape index (κ1) is 14.4. The normalized spacial score (nSPS) is 21.4. The van der Waals surface area contributed by atoms with Gasteiger partial charge in [-0.1, -0.05) is 25.1 Å². The van der Waals surface area contributed by atoms with Crippen LogP contribution in [0.5, 0.6) is 0 Å². The summed E-state index contributed by atoms with van der Waals surface area (Å²) in [6.07, 6.45) is 3.13. The third-order valence-corrected chi connectivity index (χ3v) is 4.17. The Morgan fingerprint density at radius 2 is 2.05 bits per heavy atom. The molecule has 0 bridgehead atoms. The van der Waals surface area contributed by atoms with Gasteiger partial charge in [-0.05, 0) is 44.5 Å². The van der Waals surface area contributed by atoms with Crippen molar-refractivity contribution in [1.82, 2.24) is 4.90 Å². The number of anilines is 1. The molecule has 0 aliphatic carbocycles. The van der Waals surface area contributed by atoms with Crippen molar-refractivity contribution < 1.29 is 5.11 Å². The van der Waals surface area contributed by atoms with Gasteiger partial charge >= 0.3 is 0 Å². The molecule has 2 rings (SSSR count). The summed E-state index contributed by atoms with van der Waals surface area (Å²) in [4.78, 5) is 4.90. The molecule has 1 aromatic rings. The van der Waals surface area contributed by atoms with Crippen molar-refractivity contribution in [3.05, 3.63) is 29.8 Å². The van der Waals surface area contributed by atoms with Crippen molar-refractivity contribution in [1.29, 1.82) is 0 Å². The van der Waals surface area contributed by atoms with Crippen LogP contribution in [-0.2, 0) is 6.42 Å². The molecule has 1 unspecified atom stereocenters. The van der Waals surface area contributed by atoms with E-state index in [1.54, 1.807) is 0 Å². The predicted molar refractivity (Wildman–Crippen MR) is 80.8 cm³/mol. The number of para-hydroxylation sites is 1. The molecule has 1 aliphatic heterocycles. The van der Waals surface area contributed by atoms with E-state index in [1.807, 2.05) is 0 Å². The van der Waals surface area contributed by atoms with Crippen LogP contribution in [0.3, 0.4) is 0 Å². The van der Waals surface area contributed by atoms with Crippen LogP contribution in [0.4, 0.5) is 5.69 Å². The highest BCUT2D eigenvalue weighted by molar-refractivity contribution is 5.54. The van der Waals surface area contributed by atoms with Crippen LogP contribution in [0.15, 0.2) is 24.3 Å². The van der Waals surface area contributed by atoms with Gasteiger partial charge in [-0.25, -0.2) is 0 Å². The van der Waals surface area contributed by atoms with E-state index >= 15 is 0 Å². The Balaban J connectivity index is 2.18. The highest BCUT2D eigenvalue weighted by Crippen LogP contribution is 2.24. The molecule has 1 aliphatic rings. The SMILES string of the molecule is CCc1ccccc1N1CCCN(C)C(CCO)C1. The lowest BCUT2D eigenvalue weighted by Gasteiger charge is -2.30. The number of likely N-dealkylation sites (N-methyl/N-ethyl adjacent to an activating group) is 1. The fraction of sp³-hybridized carbons (Fsp3) is 0.625. The van der Waals surface area contributed by atoms with E-state index in [0.29, 0.717) is 6.04 Å². The van der Waals surface area contributed by atoms with Gasteiger partial charge in [0.15, 0.2) is 0 Å². The van der Waals surface area contributed by atoms with Crippen molar-refractivity contribution in [3.8, 4) is 0 Å². The number of hydrogen-bond donors (Lipinski definition) is 1. The van der Waals surface area contributed by atoms with Crippen molar-refractivity contribution in [2.45, 2.75) is 32.2 Å². The maximum Gasteiger partial charge on any atom is 0.0446 e. The lowest BCUT2D eigenvalue weighted by Crippen LogP contribution is -2.39. The summed E-state index contributed by atoms with van der Waals surface area (Å²) in [5.41, 5.74) is 2.80. The monoisotopic (exact) mass is 262 g/mol. The van der Waals surface area contributed by atoms with Crippen molar-refractivity contribution >= 4 is 5.69 Å². The van der Waals surface area contributed by atoms with Crippen LogP contribution in [-0.4, -0.2) is 49.3 Å². The second-order valence-corrected chi connectivity index (χ2v) is 5.43. The Bertz CT molecular complexity index is 394. The molecule has 1 atom stereocenters. The van der Waals surface area contributed by atoms with Gasteiger partial charge in [-0.15, -0.1) is 0 Å². The first-order chi connectivity index (χ1) is 9.26. The van der Waals surface area contributed by atoms with Gasteiger partial charge in [0.05, 0.1) is 0 Å². The van der Waals surface area contributed by atoms with Crippen LogP contribution in [0, 0.1) is 0 Å². The summed E-state index contributed by atoms with van der Waals surface area (Å²) in [5, 5.41) is 9.24. The molecule has 0 radical (unpaired) electrons. The first-order valence-corrected chi connectivity index (χ1v) is 7.40. The number of aryl methyl sites for hydroxylation is 1. The van der Waals surface area contributed by atoms with Crippen LogP contribution < -0.4 is 4.90 Å².